The van der Waals surface area contributed by atoms with Crippen LogP contribution in [0.2, 0.25) is 0 Å². The number of hydrogen-bond donors (Lipinski definition) is 1. The van der Waals surface area contributed by atoms with Crippen LogP contribution in [0, 0.1) is 0 Å². The van der Waals surface area contributed by atoms with Gasteiger partial charge < -0.3 is 19.0 Å². The van der Waals surface area contributed by atoms with E-state index in [-0.39, 0.29) is 11.6 Å². The monoisotopic (exact) mass is 460 g/mol. The number of nitrogens with zero attached hydrogens (tertiary/aromatic N) is 5. The lowest BCUT2D eigenvalue weighted by Gasteiger charge is -2.23. The molecule has 0 saturated carbocycles. The predicted molar refractivity (Wildman–Crippen MR) is 127 cm³/mol. The van der Waals surface area contributed by atoms with Crippen LogP contribution in [-0.2, 0) is 12.3 Å². The molecule has 0 aliphatic heterocycles. The van der Waals surface area contributed by atoms with Crippen molar-refractivity contribution in [1.29, 1.82) is 0 Å². The summed E-state index contributed by atoms with van der Waals surface area (Å²) in [6.07, 6.45) is 3.09. The Labute approximate surface area is 192 Å². The first-order valence-electron chi connectivity index (χ1n) is 10.8. The van der Waals surface area contributed by atoms with Crippen molar-refractivity contribution in [1.82, 2.24) is 29.6 Å². The van der Waals surface area contributed by atoms with E-state index < -0.39 is 0 Å². The minimum Gasteiger partial charge on any atom is -0.493 e. The SMILES string of the molecule is CCCCn1c(SCc2nc3cc(OC)c(OC)cc3c(=O)[nH]2)nnc1[C@H](CC)N(C)C. The van der Waals surface area contributed by atoms with Gasteiger partial charge in [0.05, 0.1) is 36.9 Å². The summed E-state index contributed by atoms with van der Waals surface area (Å²) in [6, 6.07) is 3.58. The maximum Gasteiger partial charge on any atom is 0.258 e. The van der Waals surface area contributed by atoms with E-state index in [2.05, 4.69) is 57.6 Å². The van der Waals surface area contributed by atoms with Crippen molar-refractivity contribution in [3.63, 3.8) is 0 Å². The molecule has 0 bridgehead atoms. The Balaban J connectivity index is 1.90. The standard InChI is InChI=1S/C22H32N6O3S/c1-7-9-10-28-20(16(8-2)27(3)4)25-26-22(28)32-13-19-23-15-12-18(31-6)17(30-5)11-14(15)21(29)24-19/h11-12,16H,7-10,13H2,1-6H3,(H,23,24,29)/t16-/m0/s1. The molecule has 1 atom stereocenters. The molecule has 0 amide bonds. The van der Waals surface area contributed by atoms with Gasteiger partial charge in [0.1, 0.15) is 5.82 Å². The van der Waals surface area contributed by atoms with Gasteiger partial charge in [-0.25, -0.2) is 4.98 Å². The lowest BCUT2D eigenvalue weighted by Crippen LogP contribution is -2.23. The van der Waals surface area contributed by atoms with E-state index in [4.69, 9.17) is 9.47 Å². The first-order valence-corrected chi connectivity index (χ1v) is 11.8. The van der Waals surface area contributed by atoms with Gasteiger partial charge in [-0.15, -0.1) is 10.2 Å². The number of aromatic amines is 1. The number of hydrogen-bond acceptors (Lipinski definition) is 8. The number of methoxy groups -OCH3 is 2. The highest BCUT2D eigenvalue weighted by atomic mass is 32.2. The molecule has 0 aliphatic carbocycles. The second-order valence-electron chi connectivity index (χ2n) is 7.76. The molecule has 3 rings (SSSR count). The molecule has 2 aromatic heterocycles. The van der Waals surface area contributed by atoms with Crippen LogP contribution in [0.1, 0.15) is 50.8 Å². The molecule has 0 radical (unpaired) electrons. The lowest BCUT2D eigenvalue weighted by molar-refractivity contribution is 0.270. The molecular formula is C22H32N6O3S. The largest absolute Gasteiger partial charge is 0.493 e. The summed E-state index contributed by atoms with van der Waals surface area (Å²) < 4.78 is 12.9. The van der Waals surface area contributed by atoms with E-state index in [9.17, 15) is 4.79 Å². The molecule has 9 nitrogen and oxygen atoms in total. The normalized spacial score (nSPS) is 12.5. The number of unbranched alkanes of at least 4 members (excludes halogenated alkanes) is 1. The Kier molecular flexibility index (Phi) is 8.14. The van der Waals surface area contributed by atoms with Gasteiger partial charge in [-0.3, -0.25) is 9.69 Å². The van der Waals surface area contributed by atoms with E-state index in [1.54, 1.807) is 26.4 Å². The molecule has 0 aliphatic rings. The summed E-state index contributed by atoms with van der Waals surface area (Å²) in [5.41, 5.74) is 0.354. The van der Waals surface area contributed by atoms with Crippen LogP contribution < -0.4 is 15.0 Å². The summed E-state index contributed by atoms with van der Waals surface area (Å²) in [7, 11) is 7.23. The number of benzene rings is 1. The van der Waals surface area contributed by atoms with E-state index in [1.807, 2.05) is 0 Å². The third-order valence-corrected chi connectivity index (χ3v) is 6.36. The number of ether oxygens (including phenoxy) is 2. The third kappa shape index (κ3) is 5.07. The van der Waals surface area contributed by atoms with Gasteiger partial charge >= 0.3 is 0 Å². The number of nitrogens with one attached hydrogen (secondary N) is 1. The van der Waals surface area contributed by atoms with Crippen molar-refractivity contribution in [3.05, 3.63) is 34.1 Å². The molecule has 2 heterocycles. The van der Waals surface area contributed by atoms with Crippen molar-refractivity contribution in [3.8, 4) is 11.5 Å². The summed E-state index contributed by atoms with van der Waals surface area (Å²) >= 11 is 1.53. The number of rotatable bonds is 11. The number of thioether (sulfide) groups is 1. The minimum absolute atomic E-state index is 0.203. The lowest BCUT2D eigenvalue weighted by atomic mass is 10.2. The predicted octanol–water partition coefficient (Wildman–Crippen LogP) is 3.64. The van der Waals surface area contributed by atoms with Gasteiger partial charge in [-0.2, -0.15) is 0 Å². The zero-order valence-electron chi connectivity index (χ0n) is 19.6. The number of fused-ring (bicyclic) bond motifs is 1. The van der Waals surface area contributed by atoms with E-state index in [1.165, 1.54) is 11.8 Å². The second-order valence-corrected chi connectivity index (χ2v) is 8.70. The molecule has 3 aromatic rings. The fourth-order valence-corrected chi connectivity index (χ4v) is 4.52. The third-order valence-electron chi connectivity index (χ3n) is 5.39. The first kappa shape index (κ1) is 24.1. The second kappa shape index (κ2) is 10.8. The average molecular weight is 461 g/mol. The van der Waals surface area contributed by atoms with E-state index >= 15 is 0 Å². The summed E-state index contributed by atoms with van der Waals surface area (Å²) in [5, 5.41) is 10.3. The van der Waals surface area contributed by atoms with Crippen LogP contribution in [0.15, 0.2) is 22.1 Å². The van der Waals surface area contributed by atoms with Gasteiger partial charge in [-0.05, 0) is 33.0 Å². The van der Waals surface area contributed by atoms with Gasteiger partial charge in [-0.1, -0.05) is 32.0 Å². The molecule has 10 heteroatoms. The van der Waals surface area contributed by atoms with Crippen LogP contribution in [0.25, 0.3) is 10.9 Å². The molecule has 1 aromatic carbocycles. The topological polar surface area (TPSA) is 98.2 Å². The van der Waals surface area contributed by atoms with Crippen LogP contribution >= 0.6 is 11.8 Å². The smallest absolute Gasteiger partial charge is 0.258 e. The van der Waals surface area contributed by atoms with Crippen molar-refractivity contribution in [2.24, 2.45) is 0 Å². The van der Waals surface area contributed by atoms with Crippen LogP contribution in [0.4, 0.5) is 0 Å². The number of aromatic nitrogens is 5. The fraction of sp³-hybridized carbons (Fsp3) is 0.545. The Hall–Kier alpha value is -2.59. The molecule has 0 saturated heterocycles. The summed E-state index contributed by atoms with van der Waals surface area (Å²) in [5.74, 6) is 3.06. The summed E-state index contributed by atoms with van der Waals surface area (Å²) in [6.45, 7) is 5.20. The van der Waals surface area contributed by atoms with E-state index in [0.29, 0.717) is 34.0 Å². The highest BCUT2D eigenvalue weighted by Crippen LogP contribution is 2.31. The highest BCUT2D eigenvalue weighted by Gasteiger charge is 2.22. The van der Waals surface area contributed by atoms with E-state index in [0.717, 1.165) is 36.8 Å². The van der Waals surface area contributed by atoms with Crippen molar-refractivity contribution < 1.29 is 9.47 Å². The average Bonchev–Trinajstić information content (AvgIpc) is 3.17. The van der Waals surface area contributed by atoms with Gasteiger partial charge in [0.25, 0.3) is 5.56 Å². The Bertz CT molecular complexity index is 1110. The van der Waals surface area contributed by atoms with Crippen molar-refractivity contribution in [2.45, 2.75) is 56.6 Å². The quantitative estimate of drug-likeness (QED) is 0.433. The van der Waals surface area contributed by atoms with Gasteiger partial charge in [0.2, 0.25) is 0 Å². The zero-order valence-corrected chi connectivity index (χ0v) is 20.5. The molecule has 174 valence electrons. The Morgan fingerprint density at radius 1 is 1.16 bits per heavy atom. The van der Waals surface area contributed by atoms with Gasteiger partial charge in [0, 0.05) is 12.6 Å². The first-order chi connectivity index (χ1) is 15.4. The van der Waals surface area contributed by atoms with Crippen molar-refractivity contribution in [2.75, 3.05) is 28.3 Å². The molecule has 32 heavy (non-hydrogen) atoms. The Morgan fingerprint density at radius 2 is 1.88 bits per heavy atom. The molecule has 0 spiro atoms. The highest BCUT2D eigenvalue weighted by molar-refractivity contribution is 7.98. The maximum atomic E-state index is 12.7. The molecule has 1 N–H and O–H groups in total. The zero-order chi connectivity index (χ0) is 23.3. The van der Waals surface area contributed by atoms with Crippen LogP contribution in [0.5, 0.6) is 11.5 Å². The van der Waals surface area contributed by atoms with Crippen LogP contribution in [-0.4, -0.2) is 57.9 Å². The van der Waals surface area contributed by atoms with Crippen LogP contribution in [0.3, 0.4) is 0 Å². The molecular weight excluding hydrogens is 428 g/mol. The molecule has 0 fully saturated rings. The fourth-order valence-electron chi connectivity index (χ4n) is 3.67. The van der Waals surface area contributed by atoms with Gasteiger partial charge in [0.15, 0.2) is 22.5 Å². The van der Waals surface area contributed by atoms with Crippen molar-refractivity contribution >= 4 is 22.7 Å². The summed E-state index contributed by atoms with van der Waals surface area (Å²) in [4.78, 5) is 22.3. The molecule has 0 unspecified atom stereocenters. The number of H-pyrrole nitrogens is 1. The minimum atomic E-state index is -0.210. The maximum absolute atomic E-state index is 12.7. The Morgan fingerprint density at radius 3 is 2.50 bits per heavy atom.